The van der Waals surface area contributed by atoms with Crippen LogP contribution in [0.4, 0.5) is 0 Å². The molecule has 0 radical (unpaired) electrons. The van der Waals surface area contributed by atoms with Gasteiger partial charge in [0.05, 0.1) is 6.61 Å². The number of hydrogen-bond acceptors (Lipinski definition) is 4. The van der Waals surface area contributed by atoms with Crippen LogP contribution in [0.25, 0.3) is 0 Å². The fourth-order valence-electron chi connectivity index (χ4n) is 1.40. The molecular weight excluding hydrogens is 250 g/mol. The summed E-state index contributed by atoms with van der Waals surface area (Å²) in [7, 11) is 1.49. The lowest BCUT2D eigenvalue weighted by Gasteiger charge is -2.07. The highest BCUT2D eigenvalue weighted by Gasteiger charge is 2.22. The molecule has 1 saturated carbocycles. The second-order valence-corrected chi connectivity index (χ2v) is 6.36. The van der Waals surface area contributed by atoms with Crippen molar-refractivity contribution in [3.63, 3.8) is 0 Å². The number of pyridine rings is 1. The van der Waals surface area contributed by atoms with E-state index < -0.39 is 9.05 Å². The van der Waals surface area contributed by atoms with Crippen molar-refractivity contribution in [2.75, 3.05) is 6.61 Å². The number of hydrogen-bond donors (Lipinski definition) is 0. The van der Waals surface area contributed by atoms with Gasteiger partial charge >= 0.3 is 0 Å². The van der Waals surface area contributed by atoms with Gasteiger partial charge in [-0.1, -0.05) is 12.8 Å². The molecule has 88 valence electrons. The van der Waals surface area contributed by atoms with Gasteiger partial charge in [0.15, 0.2) is 0 Å². The van der Waals surface area contributed by atoms with Crippen molar-refractivity contribution in [2.45, 2.75) is 24.2 Å². The van der Waals surface area contributed by atoms with E-state index in [-0.39, 0.29) is 10.8 Å². The lowest BCUT2D eigenvalue weighted by Crippen LogP contribution is -2.04. The van der Waals surface area contributed by atoms with Crippen LogP contribution in [0.2, 0.25) is 0 Å². The molecule has 0 amide bonds. The first kappa shape index (κ1) is 11.7. The summed E-state index contributed by atoms with van der Waals surface area (Å²) in [5.74, 6) is 0.831. The first-order valence-electron chi connectivity index (χ1n) is 5.10. The van der Waals surface area contributed by atoms with Gasteiger partial charge in [0.2, 0.25) is 5.88 Å². The van der Waals surface area contributed by atoms with Gasteiger partial charge in [-0.15, -0.1) is 0 Å². The largest absolute Gasteiger partial charge is 0.477 e. The summed E-state index contributed by atoms with van der Waals surface area (Å²) in [6.07, 6.45) is 4.91. The Labute approximate surface area is 99.0 Å². The maximum absolute atomic E-state index is 11.2. The van der Waals surface area contributed by atoms with Gasteiger partial charge in [-0.3, -0.25) is 0 Å². The third-order valence-electron chi connectivity index (χ3n) is 2.46. The molecule has 0 aromatic carbocycles. The van der Waals surface area contributed by atoms with Gasteiger partial charge in [-0.2, -0.15) is 0 Å². The van der Waals surface area contributed by atoms with E-state index in [1.54, 1.807) is 0 Å². The fourth-order valence-corrected chi connectivity index (χ4v) is 2.31. The summed E-state index contributed by atoms with van der Waals surface area (Å²) in [4.78, 5) is 3.81. The number of nitrogens with zero attached hydrogens (tertiary/aromatic N) is 1. The summed E-state index contributed by atoms with van der Waals surface area (Å²) >= 11 is 0. The van der Waals surface area contributed by atoms with E-state index >= 15 is 0 Å². The van der Waals surface area contributed by atoms with Crippen LogP contribution in [0, 0.1) is 5.92 Å². The Hall–Kier alpha value is -0.810. The van der Waals surface area contributed by atoms with Crippen LogP contribution in [-0.4, -0.2) is 20.0 Å². The molecule has 4 nitrogen and oxygen atoms in total. The molecule has 0 spiro atoms. The highest BCUT2D eigenvalue weighted by Crippen LogP contribution is 2.32. The van der Waals surface area contributed by atoms with Gasteiger partial charge in [0.1, 0.15) is 4.90 Å². The molecule has 16 heavy (non-hydrogen) atoms. The molecule has 1 aliphatic rings. The van der Waals surface area contributed by atoms with Crippen LogP contribution in [0.1, 0.15) is 19.3 Å². The molecule has 1 aromatic rings. The molecule has 0 N–H and O–H groups in total. The predicted octanol–water partition coefficient (Wildman–Crippen LogP) is 2.19. The zero-order valence-electron chi connectivity index (χ0n) is 8.60. The highest BCUT2D eigenvalue weighted by molar-refractivity contribution is 8.13. The molecule has 0 saturated heterocycles. The molecule has 6 heteroatoms. The topological polar surface area (TPSA) is 56.3 Å². The van der Waals surface area contributed by atoms with Crippen LogP contribution in [0.15, 0.2) is 23.2 Å². The average Bonchev–Trinajstić information content (AvgIpc) is 3.01. The molecule has 1 aromatic heterocycles. The maximum Gasteiger partial charge on any atom is 0.266 e. The Kier molecular flexibility index (Phi) is 3.35. The van der Waals surface area contributed by atoms with Crippen LogP contribution in [0.3, 0.4) is 0 Å². The summed E-state index contributed by atoms with van der Waals surface area (Å²) < 4.78 is 27.8. The molecule has 1 fully saturated rings. The second kappa shape index (κ2) is 4.59. The van der Waals surface area contributed by atoms with Crippen molar-refractivity contribution in [1.82, 2.24) is 4.98 Å². The number of aromatic nitrogens is 1. The smallest absolute Gasteiger partial charge is 0.266 e. The first-order valence-corrected chi connectivity index (χ1v) is 7.41. The summed E-state index contributed by atoms with van der Waals surface area (Å²) in [5, 5.41) is 0. The van der Waals surface area contributed by atoms with Gasteiger partial charge in [-0.25, -0.2) is 13.4 Å². The van der Waals surface area contributed by atoms with Crippen molar-refractivity contribution in [2.24, 2.45) is 5.92 Å². The van der Waals surface area contributed by atoms with E-state index in [0.717, 1.165) is 12.3 Å². The van der Waals surface area contributed by atoms with E-state index in [0.29, 0.717) is 6.61 Å². The van der Waals surface area contributed by atoms with E-state index in [2.05, 4.69) is 4.98 Å². The number of rotatable bonds is 5. The number of ether oxygens (including phenoxy) is 1. The highest BCUT2D eigenvalue weighted by atomic mass is 35.7. The van der Waals surface area contributed by atoms with E-state index in [9.17, 15) is 8.42 Å². The minimum absolute atomic E-state index is 0.0625. The Morgan fingerprint density at radius 1 is 1.50 bits per heavy atom. The van der Waals surface area contributed by atoms with Crippen LogP contribution < -0.4 is 4.74 Å². The molecule has 0 aliphatic heterocycles. The summed E-state index contributed by atoms with van der Waals surface area (Å²) in [5.41, 5.74) is 0. The normalized spacial score (nSPS) is 16.1. The van der Waals surface area contributed by atoms with Crippen molar-refractivity contribution < 1.29 is 13.2 Å². The van der Waals surface area contributed by atoms with Crippen LogP contribution in [0.5, 0.6) is 5.88 Å². The molecule has 1 aliphatic carbocycles. The Bertz CT molecular complexity index is 471. The van der Waals surface area contributed by atoms with Gasteiger partial charge in [0.25, 0.3) is 9.05 Å². The van der Waals surface area contributed by atoms with E-state index in [1.165, 1.54) is 31.2 Å². The second-order valence-electron chi connectivity index (χ2n) is 3.83. The zero-order chi connectivity index (χ0) is 11.6. The lowest BCUT2D eigenvalue weighted by atomic mass is 10.3. The Morgan fingerprint density at radius 2 is 2.25 bits per heavy atom. The van der Waals surface area contributed by atoms with Gasteiger partial charge < -0.3 is 4.74 Å². The average molecular weight is 262 g/mol. The van der Waals surface area contributed by atoms with Crippen molar-refractivity contribution in [3.8, 4) is 5.88 Å². The van der Waals surface area contributed by atoms with E-state index in [4.69, 9.17) is 15.4 Å². The Balaban J connectivity index is 2.06. The summed E-state index contributed by atoms with van der Waals surface area (Å²) in [6, 6.07) is 2.91. The van der Waals surface area contributed by atoms with Crippen molar-refractivity contribution >= 4 is 19.7 Å². The quantitative estimate of drug-likeness (QED) is 0.763. The van der Waals surface area contributed by atoms with E-state index in [1.807, 2.05) is 0 Å². The SMILES string of the molecule is O=S(=O)(Cl)c1cccnc1OCCC1CC1. The first-order chi connectivity index (χ1) is 7.57. The molecule has 0 unspecified atom stereocenters. The third kappa shape index (κ3) is 3.09. The Morgan fingerprint density at radius 3 is 2.88 bits per heavy atom. The molecule has 0 bridgehead atoms. The maximum atomic E-state index is 11.2. The van der Waals surface area contributed by atoms with Crippen molar-refractivity contribution in [3.05, 3.63) is 18.3 Å². The fraction of sp³-hybridized carbons (Fsp3) is 0.500. The third-order valence-corrected chi connectivity index (χ3v) is 3.80. The number of halogens is 1. The molecule has 0 atom stereocenters. The monoisotopic (exact) mass is 261 g/mol. The molecule has 1 heterocycles. The molecular formula is C10H12ClNO3S. The standard InChI is InChI=1S/C10H12ClNO3S/c11-16(13,14)9-2-1-6-12-10(9)15-7-5-8-3-4-8/h1-2,6,8H,3-5,7H2. The molecule has 2 rings (SSSR count). The minimum Gasteiger partial charge on any atom is -0.477 e. The van der Waals surface area contributed by atoms with Crippen LogP contribution >= 0.6 is 10.7 Å². The van der Waals surface area contributed by atoms with Gasteiger partial charge in [0, 0.05) is 16.9 Å². The summed E-state index contributed by atoms with van der Waals surface area (Å²) in [6.45, 7) is 0.487. The predicted molar refractivity (Wildman–Crippen MR) is 60.1 cm³/mol. The van der Waals surface area contributed by atoms with Crippen LogP contribution in [-0.2, 0) is 9.05 Å². The zero-order valence-corrected chi connectivity index (χ0v) is 10.2. The minimum atomic E-state index is -3.78. The van der Waals surface area contributed by atoms with Gasteiger partial charge in [-0.05, 0) is 24.5 Å². The van der Waals surface area contributed by atoms with Crippen molar-refractivity contribution in [1.29, 1.82) is 0 Å². The lowest BCUT2D eigenvalue weighted by molar-refractivity contribution is 0.283.